The number of nitrogens with zero attached hydrogens (tertiary/aromatic N) is 4. The van der Waals surface area contributed by atoms with Gasteiger partial charge < -0.3 is 5.73 Å². The highest BCUT2D eigenvalue weighted by atomic mass is 32.1. The van der Waals surface area contributed by atoms with Crippen LogP contribution in [0.1, 0.15) is 11.9 Å². The van der Waals surface area contributed by atoms with Gasteiger partial charge in [-0.25, -0.2) is 9.38 Å². The van der Waals surface area contributed by atoms with Crippen LogP contribution in [0.3, 0.4) is 0 Å². The van der Waals surface area contributed by atoms with Crippen molar-refractivity contribution >= 4 is 23.0 Å². The number of carbonyl (C=O) groups is 1. The quantitative estimate of drug-likeness (QED) is 0.675. The summed E-state index contributed by atoms with van der Waals surface area (Å²) in [6.07, 6.45) is 5.98. The molecule has 0 spiro atoms. The van der Waals surface area contributed by atoms with E-state index in [0.29, 0.717) is 21.3 Å². The highest BCUT2D eigenvalue weighted by molar-refractivity contribution is 7.16. The van der Waals surface area contributed by atoms with Crippen LogP contribution < -0.4 is 5.73 Å². The van der Waals surface area contributed by atoms with Crippen molar-refractivity contribution < 1.29 is 9.18 Å². The maximum Gasteiger partial charge on any atom is 0.266 e. The maximum absolute atomic E-state index is 13.2. The van der Waals surface area contributed by atoms with Crippen molar-refractivity contribution in [2.45, 2.75) is 6.92 Å². The zero-order valence-corrected chi connectivity index (χ0v) is 12.5. The van der Waals surface area contributed by atoms with E-state index < -0.39 is 11.7 Å². The normalized spacial score (nSPS) is 11.8. The highest BCUT2D eigenvalue weighted by Crippen LogP contribution is 2.24. The second-order valence-electron chi connectivity index (χ2n) is 4.11. The molecule has 22 heavy (non-hydrogen) atoms. The van der Waals surface area contributed by atoms with Crippen LogP contribution in [0.5, 0.6) is 0 Å². The molecule has 0 radical (unpaired) electrons. The Labute approximate surface area is 129 Å². The fraction of sp³-hybridized carbons (Fsp3) is 0.0714. The number of amides is 1. The van der Waals surface area contributed by atoms with Gasteiger partial charge in [-0.2, -0.15) is 0 Å². The SMILES string of the molecule is C=C(N=C(/C=C\C)c1nnc(-c2cncc(F)c2)s1)C(N)=O. The number of allylic oxidation sites excluding steroid dienone is 2. The number of aromatic nitrogens is 3. The van der Waals surface area contributed by atoms with Gasteiger partial charge >= 0.3 is 0 Å². The number of pyridine rings is 1. The fourth-order valence-electron chi connectivity index (χ4n) is 1.49. The third-order valence-electron chi connectivity index (χ3n) is 2.46. The van der Waals surface area contributed by atoms with E-state index in [1.807, 2.05) is 0 Å². The number of hydrogen-bond donors (Lipinski definition) is 1. The number of nitrogens with two attached hydrogens (primary N) is 1. The summed E-state index contributed by atoms with van der Waals surface area (Å²) in [5, 5.41) is 8.93. The Kier molecular flexibility index (Phi) is 4.84. The topological polar surface area (TPSA) is 94.1 Å². The van der Waals surface area contributed by atoms with Gasteiger partial charge in [-0.3, -0.25) is 9.78 Å². The first kappa shape index (κ1) is 15.6. The molecule has 0 saturated carbocycles. The van der Waals surface area contributed by atoms with Crippen LogP contribution in [0.4, 0.5) is 4.39 Å². The van der Waals surface area contributed by atoms with Gasteiger partial charge in [0.2, 0.25) is 0 Å². The van der Waals surface area contributed by atoms with Crippen molar-refractivity contribution in [1.29, 1.82) is 0 Å². The van der Waals surface area contributed by atoms with Crippen molar-refractivity contribution in [3.8, 4) is 10.6 Å². The van der Waals surface area contributed by atoms with E-state index in [2.05, 4.69) is 26.8 Å². The molecule has 0 bridgehead atoms. The molecule has 0 atom stereocenters. The number of carbonyl (C=O) groups excluding carboxylic acids is 1. The van der Waals surface area contributed by atoms with Gasteiger partial charge in [0.1, 0.15) is 22.2 Å². The lowest BCUT2D eigenvalue weighted by atomic mass is 10.3. The monoisotopic (exact) mass is 317 g/mol. The second-order valence-corrected chi connectivity index (χ2v) is 5.09. The molecular weight excluding hydrogens is 305 g/mol. The first-order chi connectivity index (χ1) is 10.5. The number of halogens is 1. The van der Waals surface area contributed by atoms with Crippen LogP contribution in [0.15, 0.2) is 47.9 Å². The minimum absolute atomic E-state index is 0.0859. The Morgan fingerprint density at radius 3 is 2.86 bits per heavy atom. The highest BCUT2D eigenvalue weighted by Gasteiger charge is 2.12. The van der Waals surface area contributed by atoms with Crippen molar-refractivity contribution in [2.75, 3.05) is 0 Å². The lowest BCUT2D eigenvalue weighted by molar-refractivity contribution is -0.114. The van der Waals surface area contributed by atoms with Gasteiger partial charge in [0, 0.05) is 11.8 Å². The van der Waals surface area contributed by atoms with E-state index in [1.54, 1.807) is 19.1 Å². The summed E-state index contributed by atoms with van der Waals surface area (Å²) < 4.78 is 13.2. The van der Waals surface area contributed by atoms with Gasteiger partial charge in [-0.15, -0.1) is 10.2 Å². The molecule has 112 valence electrons. The minimum Gasteiger partial charge on any atom is -0.364 e. The van der Waals surface area contributed by atoms with E-state index in [0.717, 1.165) is 6.20 Å². The van der Waals surface area contributed by atoms with E-state index in [4.69, 9.17) is 5.73 Å². The minimum atomic E-state index is -0.721. The predicted octanol–water partition coefficient (Wildman–Crippen LogP) is 2.10. The summed E-state index contributed by atoms with van der Waals surface area (Å²) in [6, 6.07) is 1.31. The average molecular weight is 317 g/mol. The van der Waals surface area contributed by atoms with Crippen LogP contribution in [0, 0.1) is 5.82 Å². The Bertz CT molecular complexity index is 781. The van der Waals surface area contributed by atoms with Crippen molar-refractivity contribution in [3.05, 3.63) is 53.7 Å². The second kappa shape index (κ2) is 6.81. The molecule has 2 rings (SSSR count). The van der Waals surface area contributed by atoms with Gasteiger partial charge in [0.25, 0.3) is 5.91 Å². The molecule has 8 heteroatoms. The molecular formula is C14H12FN5OS. The van der Waals surface area contributed by atoms with Gasteiger partial charge in [-0.1, -0.05) is 24.0 Å². The first-order valence-electron chi connectivity index (χ1n) is 6.16. The molecule has 0 saturated heterocycles. The number of primary amides is 1. The van der Waals surface area contributed by atoms with Crippen LogP contribution in [0.25, 0.3) is 10.6 Å². The van der Waals surface area contributed by atoms with Crippen LogP contribution >= 0.6 is 11.3 Å². The molecule has 2 N–H and O–H groups in total. The molecule has 0 aliphatic heterocycles. The predicted molar refractivity (Wildman–Crippen MR) is 82.8 cm³/mol. The van der Waals surface area contributed by atoms with Crippen molar-refractivity contribution in [3.63, 3.8) is 0 Å². The van der Waals surface area contributed by atoms with E-state index in [1.165, 1.54) is 23.6 Å². The van der Waals surface area contributed by atoms with Crippen LogP contribution in [-0.4, -0.2) is 26.8 Å². The fourth-order valence-corrected chi connectivity index (χ4v) is 2.28. The van der Waals surface area contributed by atoms with E-state index in [9.17, 15) is 9.18 Å². The summed E-state index contributed by atoms with van der Waals surface area (Å²) in [7, 11) is 0. The first-order valence-corrected chi connectivity index (χ1v) is 6.97. The lowest BCUT2D eigenvalue weighted by Crippen LogP contribution is -2.13. The summed E-state index contributed by atoms with van der Waals surface area (Å²) in [5.41, 5.74) is 5.95. The summed E-state index contributed by atoms with van der Waals surface area (Å²) in [4.78, 5) is 18.9. The van der Waals surface area contributed by atoms with Crippen molar-refractivity contribution in [1.82, 2.24) is 15.2 Å². The third kappa shape index (κ3) is 3.67. The van der Waals surface area contributed by atoms with Gasteiger partial charge in [-0.05, 0) is 19.1 Å². The van der Waals surface area contributed by atoms with E-state index in [-0.39, 0.29) is 5.70 Å². The molecule has 2 aromatic heterocycles. The third-order valence-corrected chi connectivity index (χ3v) is 3.46. The Balaban J connectivity index is 2.39. The van der Waals surface area contributed by atoms with E-state index >= 15 is 0 Å². The molecule has 0 aliphatic rings. The number of rotatable bonds is 5. The van der Waals surface area contributed by atoms with Crippen LogP contribution in [0.2, 0.25) is 0 Å². The summed E-state index contributed by atoms with van der Waals surface area (Å²) in [6.45, 7) is 5.27. The average Bonchev–Trinajstić information content (AvgIpc) is 2.96. The van der Waals surface area contributed by atoms with Gasteiger partial charge in [0.15, 0.2) is 5.01 Å². The molecule has 0 fully saturated rings. The molecule has 2 heterocycles. The standard InChI is InChI=1S/C14H12FN5OS/c1-3-4-11(18-8(2)12(16)21)14-20-19-13(22-14)9-5-10(15)7-17-6-9/h3-7H,2H2,1H3,(H2,16,21)/b4-3-,18-11?. The molecule has 0 unspecified atom stereocenters. The summed E-state index contributed by atoms with van der Waals surface area (Å²) >= 11 is 1.19. The molecule has 0 aliphatic carbocycles. The van der Waals surface area contributed by atoms with Crippen LogP contribution in [-0.2, 0) is 4.79 Å². The number of aliphatic imine (C=N–C) groups is 1. The summed E-state index contributed by atoms with van der Waals surface area (Å²) in [5.74, 6) is -1.18. The van der Waals surface area contributed by atoms with Gasteiger partial charge in [0.05, 0.1) is 6.20 Å². The molecule has 0 aromatic carbocycles. The zero-order valence-electron chi connectivity index (χ0n) is 11.7. The van der Waals surface area contributed by atoms with Crippen molar-refractivity contribution in [2.24, 2.45) is 10.7 Å². The largest absolute Gasteiger partial charge is 0.364 e. The zero-order chi connectivity index (χ0) is 16.1. The maximum atomic E-state index is 13.2. The lowest BCUT2D eigenvalue weighted by Gasteiger charge is -1.97. The Hall–Kier alpha value is -2.74. The Morgan fingerprint density at radius 1 is 1.45 bits per heavy atom. The smallest absolute Gasteiger partial charge is 0.266 e. The molecule has 6 nitrogen and oxygen atoms in total. The molecule has 1 amide bonds. The molecule has 2 aromatic rings. The number of hydrogen-bond acceptors (Lipinski definition) is 6. The Morgan fingerprint density at radius 2 is 2.23 bits per heavy atom.